The molecule has 0 aromatic carbocycles. The molecule has 2 aliphatic rings. The Bertz CT molecular complexity index is 554. The molecular weight excluding hydrogens is 362 g/mol. The normalized spacial score (nSPS) is 28.5. The van der Waals surface area contributed by atoms with Gasteiger partial charge in [0, 0.05) is 32.2 Å². The van der Waals surface area contributed by atoms with E-state index in [1.807, 2.05) is 6.08 Å². The van der Waals surface area contributed by atoms with Crippen molar-refractivity contribution in [3.8, 4) is 0 Å². The molecule has 0 bridgehead atoms. The molecule has 1 amide bonds. The molecule has 0 spiro atoms. The van der Waals surface area contributed by atoms with Gasteiger partial charge in [-0.15, -0.1) is 0 Å². The van der Waals surface area contributed by atoms with E-state index in [1.54, 1.807) is 14.0 Å². The first-order chi connectivity index (χ1) is 13.5. The number of esters is 1. The standard InChI is InChI=1S/C20H35N3O5/c1-4-28-20(25)16-10-17(21)19(22-14(2)24)18(11-16)23-7-5-6-15(12-23)13-27-9-8-26-3/h11,15,17-19H,4-10,12-13,21H2,1-3H3,(H,22,24)/t15-,17+,18-,19-/m1/s1. The third-order valence-electron chi connectivity index (χ3n) is 5.32. The lowest BCUT2D eigenvalue weighted by Gasteiger charge is -2.44. The maximum Gasteiger partial charge on any atom is 0.333 e. The van der Waals surface area contributed by atoms with Crippen molar-refractivity contribution in [2.75, 3.05) is 46.6 Å². The molecule has 2 rings (SSSR count). The summed E-state index contributed by atoms with van der Waals surface area (Å²) in [6.45, 7) is 7.21. The third-order valence-corrected chi connectivity index (χ3v) is 5.32. The number of rotatable bonds is 9. The van der Waals surface area contributed by atoms with E-state index in [0.717, 1.165) is 25.9 Å². The number of methoxy groups -OCH3 is 1. The molecule has 0 unspecified atom stereocenters. The van der Waals surface area contributed by atoms with Crippen molar-refractivity contribution in [1.29, 1.82) is 0 Å². The van der Waals surface area contributed by atoms with Crippen molar-refractivity contribution in [2.24, 2.45) is 11.7 Å². The van der Waals surface area contributed by atoms with Gasteiger partial charge >= 0.3 is 5.97 Å². The number of carbonyl (C=O) groups is 2. The van der Waals surface area contributed by atoms with Gasteiger partial charge in [-0.25, -0.2) is 4.79 Å². The Morgan fingerprint density at radius 1 is 1.36 bits per heavy atom. The molecule has 0 aromatic rings. The quantitative estimate of drug-likeness (QED) is 0.430. The van der Waals surface area contributed by atoms with Crippen LogP contribution >= 0.6 is 0 Å². The summed E-state index contributed by atoms with van der Waals surface area (Å²) < 4.78 is 15.9. The number of nitrogens with two attached hydrogens (primary N) is 1. The Kier molecular flexibility index (Phi) is 9.37. The molecule has 8 heteroatoms. The summed E-state index contributed by atoms with van der Waals surface area (Å²) in [5.74, 6) is -0.0308. The highest BCUT2D eigenvalue weighted by atomic mass is 16.5. The summed E-state index contributed by atoms with van der Waals surface area (Å²) in [7, 11) is 1.66. The smallest absolute Gasteiger partial charge is 0.333 e. The summed E-state index contributed by atoms with van der Waals surface area (Å²) >= 11 is 0. The fourth-order valence-electron chi connectivity index (χ4n) is 4.04. The molecule has 4 atom stereocenters. The molecule has 1 aliphatic heterocycles. The van der Waals surface area contributed by atoms with Crippen molar-refractivity contribution in [1.82, 2.24) is 10.2 Å². The highest BCUT2D eigenvalue weighted by molar-refractivity contribution is 5.89. The lowest BCUT2D eigenvalue weighted by Crippen LogP contribution is -2.62. The van der Waals surface area contributed by atoms with Crippen molar-refractivity contribution >= 4 is 11.9 Å². The number of nitrogens with zero attached hydrogens (tertiary/aromatic N) is 1. The fourth-order valence-corrected chi connectivity index (χ4v) is 4.04. The van der Waals surface area contributed by atoms with E-state index >= 15 is 0 Å². The van der Waals surface area contributed by atoms with Crippen LogP contribution in [-0.2, 0) is 23.8 Å². The highest BCUT2D eigenvalue weighted by Crippen LogP contribution is 2.27. The molecular formula is C20H35N3O5. The zero-order valence-corrected chi connectivity index (χ0v) is 17.3. The third kappa shape index (κ3) is 6.55. The van der Waals surface area contributed by atoms with Crippen molar-refractivity contribution in [3.63, 3.8) is 0 Å². The second kappa shape index (κ2) is 11.5. The first kappa shape index (κ1) is 22.8. The van der Waals surface area contributed by atoms with E-state index in [2.05, 4.69) is 10.2 Å². The van der Waals surface area contributed by atoms with E-state index in [9.17, 15) is 9.59 Å². The Balaban J connectivity index is 2.11. The van der Waals surface area contributed by atoms with Crippen molar-refractivity contribution in [3.05, 3.63) is 11.6 Å². The maximum absolute atomic E-state index is 12.3. The molecule has 8 nitrogen and oxygen atoms in total. The van der Waals surface area contributed by atoms with Gasteiger partial charge in [-0.05, 0) is 38.6 Å². The topological polar surface area (TPSA) is 103 Å². The van der Waals surface area contributed by atoms with Crippen LogP contribution in [0.3, 0.4) is 0 Å². The predicted octanol–water partition coefficient (Wildman–Crippen LogP) is 0.455. The highest BCUT2D eigenvalue weighted by Gasteiger charge is 2.38. The minimum atomic E-state index is -0.336. The molecule has 28 heavy (non-hydrogen) atoms. The largest absolute Gasteiger partial charge is 0.463 e. The molecule has 0 aromatic heterocycles. The van der Waals surface area contributed by atoms with Gasteiger partial charge < -0.3 is 25.3 Å². The number of hydrogen-bond acceptors (Lipinski definition) is 7. The number of nitrogens with one attached hydrogen (secondary N) is 1. The number of piperidine rings is 1. The Morgan fingerprint density at radius 2 is 2.14 bits per heavy atom. The Morgan fingerprint density at radius 3 is 2.82 bits per heavy atom. The number of amides is 1. The van der Waals surface area contributed by atoms with E-state index in [4.69, 9.17) is 19.9 Å². The van der Waals surface area contributed by atoms with Crippen LogP contribution in [0, 0.1) is 5.92 Å². The summed E-state index contributed by atoms with van der Waals surface area (Å²) in [6.07, 6.45) is 4.48. The summed E-state index contributed by atoms with van der Waals surface area (Å²) in [5, 5.41) is 3.00. The number of carbonyl (C=O) groups excluding carboxylic acids is 2. The van der Waals surface area contributed by atoms with Crippen LogP contribution in [0.2, 0.25) is 0 Å². The first-order valence-electron chi connectivity index (χ1n) is 10.2. The van der Waals surface area contributed by atoms with Crippen LogP contribution in [0.5, 0.6) is 0 Å². The van der Waals surface area contributed by atoms with Gasteiger partial charge in [-0.1, -0.05) is 6.08 Å². The van der Waals surface area contributed by atoms with Crippen LogP contribution in [0.4, 0.5) is 0 Å². The summed E-state index contributed by atoms with van der Waals surface area (Å²) in [6, 6.07) is -0.700. The summed E-state index contributed by atoms with van der Waals surface area (Å²) in [5.41, 5.74) is 6.96. The van der Waals surface area contributed by atoms with Gasteiger partial charge in [0.25, 0.3) is 0 Å². The average molecular weight is 398 g/mol. The lowest BCUT2D eigenvalue weighted by atomic mass is 9.84. The van der Waals surface area contributed by atoms with Crippen molar-refractivity contribution < 1.29 is 23.8 Å². The average Bonchev–Trinajstić information content (AvgIpc) is 2.67. The maximum atomic E-state index is 12.3. The molecule has 1 fully saturated rings. The van der Waals surface area contributed by atoms with Gasteiger partial charge in [-0.3, -0.25) is 9.69 Å². The lowest BCUT2D eigenvalue weighted by molar-refractivity contribution is -0.138. The first-order valence-corrected chi connectivity index (χ1v) is 10.2. The van der Waals surface area contributed by atoms with Gasteiger partial charge in [0.05, 0.1) is 38.5 Å². The van der Waals surface area contributed by atoms with Crippen LogP contribution in [0.15, 0.2) is 11.6 Å². The van der Waals surface area contributed by atoms with Crippen LogP contribution in [0.25, 0.3) is 0 Å². The minimum absolute atomic E-state index is 0.116. The monoisotopic (exact) mass is 397 g/mol. The summed E-state index contributed by atoms with van der Waals surface area (Å²) in [4.78, 5) is 26.3. The number of hydrogen-bond donors (Lipinski definition) is 2. The SMILES string of the molecule is CCOC(=O)C1=C[C@@H](N2CCC[C@@H](COCCOC)C2)[C@H](NC(C)=O)[C@@H](N)C1. The van der Waals surface area contributed by atoms with Crippen molar-refractivity contribution in [2.45, 2.75) is 51.2 Å². The zero-order valence-electron chi connectivity index (χ0n) is 17.3. The molecule has 160 valence electrons. The van der Waals surface area contributed by atoms with E-state index < -0.39 is 0 Å². The second-order valence-electron chi connectivity index (χ2n) is 7.57. The second-order valence-corrected chi connectivity index (χ2v) is 7.57. The van der Waals surface area contributed by atoms with Crippen LogP contribution < -0.4 is 11.1 Å². The Labute approximate surface area is 167 Å². The van der Waals surface area contributed by atoms with E-state index in [0.29, 0.717) is 44.3 Å². The van der Waals surface area contributed by atoms with E-state index in [-0.39, 0.29) is 30.0 Å². The van der Waals surface area contributed by atoms with Crippen LogP contribution in [-0.4, -0.2) is 81.5 Å². The predicted molar refractivity (Wildman–Crippen MR) is 106 cm³/mol. The van der Waals surface area contributed by atoms with Gasteiger partial charge in [0.2, 0.25) is 5.91 Å². The molecule has 0 saturated carbocycles. The van der Waals surface area contributed by atoms with Crippen LogP contribution in [0.1, 0.15) is 33.1 Å². The molecule has 1 heterocycles. The minimum Gasteiger partial charge on any atom is -0.463 e. The number of likely N-dealkylation sites (tertiary alicyclic amines) is 1. The fraction of sp³-hybridized carbons (Fsp3) is 0.800. The molecule has 1 aliphatic carbocycles. The van der Waals surface area contributed by atoms with E-state index in [1.165, 1.54) is 6.92 Å². The van der Waals surface area contributed by atoms with Gasteiger partial charge in [0.1, 0.15) is 0 Å². The Hall–Kier alpha value is -1.48. The number of ether oxygens (including phenoxy) is 3. The molecule has 0 radical (unpaired) electrons. The van der Waals surface area contributed by atoms with Gasteiger partial charge in [0.15, 0.2) is 0 Å². The molecule has 1 saturated heterocycles. The van der Waals surface area contributed by atoms with Gasteiger partial charge in [-0.2, -0.15) is 0 Å². The zero-order chi connectivity index (χ0) is 20.5. The molecule has 3 N–H and O–H groups in total.